The molecule has 2 rings (SSSR count). The molecular weight excluding hydrogens is 208 g/mol. The fourth-order valence-electron chi connectivity index (χ4n) is 1.95. The zero-order chi connectivity index (χ0) is 11.1. The Morgan fingerprint density at radius 1 is 1.20 bits per heavy atom. The second-order valence-corrected chi connectivity index (χ2v) is 6.71. The predicted octanol–water partition coefficient (Wildman–Crippen LogP) is 2.28. The van der Waals surface area contributed by atoms with Gasteiger partial charge >= 0.3 is 0 Å². The Morgan fingerprint density at radius 3 is 2.60 bits per heavy atom. The third-order valence-corrected chi connectivity index (χ3v) is 4.53. The molecule has 15 heavy (non-hydrogen) atoms. The molecule has 3 heteroatoms. The molecule has 0 saturated carbocycles. The summed E-state index contributed by atoms with van der Waals surface area (Å²) in [4.78, 5) is 0. The first-order chi connectivity index (χ1) is 6.98. The van der Waals surface area contributed by atoms with Crippen LogP contribution in [0, 0.1) is 0 Å². The van der Waals surface area contributed by atoms with Gasteiger partial charge in [0.15, 0.2) is 9.84 Å². The summed E-state index contributed by atoms with van der Waals surface area (Å²) in [5.74, 6) is 1.04. The zero-order valence-corrected chi connectivity index (χ0v) is 9.97. The van der Waals surface area contributed by atoms with E-state index in [4.69, 9.17) is 0 Å². The summed E-state index contributed by atoms with van der Waals surface area (Å²) in [5, 5.41) is 0. The molecule has 0 unspecified atom stereocenters. The molecule has 0 fully saturated rings. The van der Waals surface area contributed by atoms with E-state index < -0.39 is 9.84 Å². The summed E-state index contributed by atoms with van der Waals surface area (Å²) < 4.78 is 22.9. The van der Waals surface area contributed by atoms with Crippen molar-refractivity contribution in [3.63, 3.8) is 0 Å². The molecule has 0 aliphatic carbocycles. The van der Waals surface area contributed by atoms with Gasteiger partial charge in [0, 0.05) is 0 Å². The second kappa shape index (κ2) is 3.63. The van der Waals surface area contributed by atoms with E-state index in [0.717, 1.165) is 5.56 Å². The van der Waals surface area contributed by atoms with Crippen LogP contribution in [-0.2, 0) is 22.0 Å². The summed E-state index contributed by atoms with van der Waals surface area (Å²) in [6, 6.07) is 6.18. The van der Waals surface area contributed by atoms with E-state index in [1.165, 1.54) is 11.1 Å². The van der Waals surface area contributed by atoms with Crippen molar-refractivity contribution in [3.05, 3.63) is 34.9 Å². The Hall–Kier alpha value is -0.830. The van der Waals surface area contributed by atoms with Crippen LogP contribution in [0.5, 0.6) is 0 Å². The SMILES string of the molecule is CC(C)c1ccc2c(c1)CCS(=O)(=O)C2. The van der Waals surface area contributed by atoms with Gasteiger partial charge < -0.3 is 0 Å². The van der Waals surface area contributed by atoms with Crippen molar-refractivity contribution in [1.82, 2.24) is 0 Å². The highest BCUT2D eigenvalue weighted by molar-refractivity contribution is 7.90. The summed E-state index contributed by atoms with van der Waals surface area (Å²) in [5.41, 5.74) is 3.51. The third-order valence-electron chi connectivity index (χ3n) is 2.95. The molecule has 0 spiro atoms. The zero-order valence-electron chi connectivity index (χ0n) is 9.16. The number of fused-ring (bicyclic) bond motifs is 1. The van der Waals surface area contributed by atoms with E-state index in [2.05, 4.69) is 19.9 Å². The maximum atomic E-state index is 11.4. The molecule has 0 bridgehead atoms. The van der Waals surface area contributed by atoms with Crippen molar-refractivity contribution in [2.45, 2.75) is 31.9 Å². The van der Waals surface area contributed by atoms with Crippen LogP contribution in [0.15, 0.2) is 18.2 Å². The average Bonchev–Trinajstić information content (AvgIpc) is 2.15. The quantitative estimate of drug-likeness (QED) is 0.733. The summed E-state index contributed by atoms with van der Waals surface area (Å²) in [7, 11) is -2.83. The number of aryl methyl sites for hydroxylation is 1. The molecule has 0 saturated heterocycles. The average molecular weight is 224 g/mol. The van der Waals surface area contributed by atoms with Gasteiger partial charge in [0.1, 0.15) is 0 Å². The van der Waals surface area contributed by atoms with Crippen LogP contribution in [0.4, 0.5) is 0 Å². The lowest BCUT2D eigenvalue weighted by atomic mass is 9.96. The molecule has 0 N–H and O–H groups in total. The van der Waals surface area contributed by atoms with Crippen molar-refractivity contribution in [2.24, 2.45) is 0 Å². The maximum absolute atomic E-state index is 11.4. The van der Waals surface area contributed by atoms with Gasteiger partial charge in [-0.25, -0.2) is 8.42 Å². The molecule has 1 aromatic rings. The molecule has 0 amide bonds. The minimum absolute atomic E-state index is 0.223. The van der Waals surface area contributed by atoms with E-state index in [9.17, 15) is 8.42 Å². The van der Waals surface area contributed by atoms with Crippen molar-refractivity contribution in [3.8, 4) is 0 Å². The molecule has 0 radical (unpaired) electrons. The van der Waals surface area contributed by atoms with Crippen molar-refractivity contribution >= 4 is 9.84 Å². The molecule has 1 aliphatic heterocycles. The molecule has 2 nitrogen and oxygen atoms in total. The smallest absolute Gasteiger partial charge is 0.154 e. The highest BCUT2D eigenvalue weighted by atomic mass is 32.2. The Balaban J connectivity index is 2.41. The molecule has 0 atom stereocenters. The van der Waals surface area contributed by atoms with Crippen LogP contribution in [0.25, 0.3) is 0 Å². The van der Waals surface area contributed by atoms with Gasteiger partial charge in [0.2, 0.25) is 0 Å². The lowest BCUT2D eigenvalue weighted by Gasteiger charge is -2.18. The molecule has 0 aromatic heterocycles. The minimum atomic E-state index is -2.83. The van der Waals surface area contributed by atoms with Crippen LogP contribution in [0.1, 0.15) is 36.5 Å². The van der Waals surface area contributed by atoms with Crippen molar-refractivity contribution < 1.29 is 8.42 Å². The van der Waals surface area contributed by atoms with Gasteiger partial charge in [0.05, 0.1) is 11.5 Å². The van der Waals surface area contributed by atoms with Crippen molar-refractivity contribution in [1.29, 1.82) is 0 Å². The third kappa shape index (κ3) is 2.23. The Kier molecular flexibility index (Phi) is 2.59. The van der Waals surface area contributed by atoms with Crippen LogP contribution >= 0.6 is 0 Å². The summed E-state index contributed by atoms with van der Waals surface area (Å²) >= 11 is 0. The first-order valence-corrected chi connectivity index (χ1v) is 7.12. The lowest BCUT2D eigenvalue weighted by molar-refractivity contribution is 0.591. The Morgan fingerprint density at radius 2 is 1.93 bits per heavy atom. The van der Waals surface area contributed by atoms with Crippen molar-refractivity contribution in [2.75, 3.05) is 5.75 Å². The lowest BCUT2D eigenvalue weighted by Crippen LogP contribution is -2.19. The second-order valence-electron chi connectivity index (χ2n) is 4.52. The van der Waals surface area contributed by atoms with Gasteiger partial charge in [-0.15, -0.1) is 0 Å². The predicted molar refractivity (Wildman–Crippen MR) is 61.7 cm³/mol. The monoisotopic (exact) mass is 224 g/mol. The van der Waals surface area contributed by atoms with E-state index in [0.29, 0.717) is 18.1 Å². The number of benzene rings is 1. The topological polar surface area (TPSA) is 34.1 Å². The standard InChI is InChI=1S/C12H16O2S/c1-9(2)10-3-4-12-8-15(13,14)6-5-11(12)7-10/h3-4,7,9H,5-6,8H2,1-2H3. The normalized spacial score (nSPS) is 18.9. The highest BCUT2D eigenvalue weighted by Crippen LogP contribution is 2.24. The van der Waals surface area contributed by atoms with Crippen LogP contribution in [0.2, 0.25) is 0 Å². The molecule has 82 valence electrons. The Labute approximate surface area is 91.2 Å². The summed E-state index contributed by atoms with van der Waals surface area (Å²) in [6.07, 6.45) is 0.679. The number of hydrogen-bond acceptors (Lipinski definition) is 2. The largest absolute Gasteiger partial charge is 0.228 e. The molecular formula is C12H16O2S. The van der Waals surface area contributed by atoms with E-state index in [1.54, 1.807) is 0 Å². The van der Waals surface area contributed by atoms with E-state index >= 15 is 0 Å². The number of rotatable bonds is 1. The van der Waals surface area contributed by atoms with E-state index in [-0.39, 0.29) is 5.75 Å². The van der Waals surface area contributed by atoms with Gasteiger partial charge in [-0.2, -0.15) is 0 Å². The number of hydrogen-bond donors (Lipinski definition) is 0. The van der Waals surface area contributed by atoms with Gasteiger partial charge in [-0.1, -0.05) is 32.0 Å². The maximum Gasteiger partial charge on any atom is 0.154 e. The molecule has 1 heterocycles. The minimum Gasteiger partial charge on any atom is -0.228 e. The molecule has 1 aromatic carbocycles. The van der Waals surface area contributed by atoms with E-state index in [1.807, 2.05) is 12.1 Å². The summed E-state index contributed by atoms with van der Waals surface area (Å²) in [6.45, 7) is 4.31. The highest BCUT2D eigenvalue weighted by Gasteiger charge is 2.21. The fraction of sp³-hybridized carbons (Fsp3) is 0.500. The first kappa shape index (κ1) is 10.7. The van der Waals surface area contributed by atoms with Crippen LogP contribution in [0.3, 0.4) is 0 Å². The Bertz CT molecular complexity index is 472. The number of sulfone groups is 1. The van der Waals surface area contributed by atoms with Crippen LogP contribution < -0.4 is 0 Å². The fourth-order valence-corrected chi connectivity index (χ4v) is 3.38. The van der Waals surface area contributed by atoms with Gasteiger partial charge in [0.25, 0.3) is 0 Å². The van der Waals surface area contributed by atoms with Gasteiger partial charge in [-0.3, -0.25) is 0 Å². The first-order valence-electron chi connectivity index (χ1n) is 5.30. The molecule has 1 aliphatic rings. The van der Waals surface area contributed by atoms with Gasteiger partial charge in [-0.05, 0) is 29.0 Å². The van der Waals surface area contributed by atoms with Crippen LogP contribution in [-0.4, -0.2) is 14.2 Å².